The molecule has 0 radical (unpaired) electrons. The largest absolute Gasteiger partial charge is 0.384 e. The van der Waals surface area contributed by atoms with E-state index in [-0.39, 0.29) is 11.2 Å². The average molecular weight is 464 g/mol. The van der Waals surface area contributed by atoms with Gasteiger partial charge in [0, 0.05) is 35.1 Å². The van der Waals surface area contributed by atoms with Crippen molar-refractivity contribution in [2.75, 3.05) is 25.5 Å². The van der Waals surface area contributed by atoms with E-state index in [0.29, 0.717) is 14.5 Å². The predicted molar refractivity (Wildman–Crippen MR) is 106 cm³/mol. The molecular formula is C17H20ClFIN3O. The third-order valence-corrected chi connectivity index (χ3v) is 7.55. The molecule has 0 atom stereocenters. The van der Waals surface area contributed by atoms with Crippen molar-refractivity contribution in [3.63, 3.8) is 0 Å². The first-order valence-corrected chi connectivity index (χ1v) is 10.3. The Morgan fingerprint density at radius 1 is 1.42 bits per heavy atom. The number of nitrogen functional groups attached to an aromatic ring is 1. The first kappa shape index (κ1) is 18.0. The minimum atomic E-state index is -0.693. The Kier molecular flexibility index (Phi) is 5.69. The molecule has 130 valence electrons. The van der Waals surface area contributed by atoms with Crippen LogP contribution in [0.5, 0.6) is 0 Å². The van der Waals surface area contributed by atoms with Crippen LogP contribution in [0, 0.1) is 5.41 Å². The van der Waals surface area contributed by atoms with Gasteiger partial charge in [0.05, 0.1) is 8.66 Å². The highest BCUT2D eigenvalue weighted by Gasteiger charge is 2.28. The van der Waals surface area contributed by atoms with Gasteiger partial charge in [0.1, 0.15) is 11.6 Å². The fourth-order valence-electron chi connectivity index (χ4n) is 2.63. The van der Waals surface area contributed by atoms with Gasteiger partial charge in [0.2, 0.25) is 0 Å². The lowest BCUT2D eigenvalue weighted by Crippen LogP contribution is -2.39. The lowest BCUT2D eigenvalue weighted by Gasteiger charge is -2.34. The molecule has 2 aliphatic rings. The summed E-state index contributed by atoms with van der Waals surface area (Å²) in [5, 5.41) is 3.89. The Labute approximate surface area is 156 Å². The highest BCUT2D eigenvalue weighted by molar-refractivity contribution is 14.2. The van der Waals surface area contributed by atoms with Crippen molar-refractivity contribution < 1.29 is 9.13 Å². The SMILES string of the molecule is CC1(CNC2=IC(c3cc(N)ncc3Cl)=CC=C2F)CCOCC1. The second-order valence-electron chi connectivity index (χ2n) is 6.30. The van der Waals surface area contributed by atoms with Crippen LogP contribution in [0.1, 0.15) is 25.3 Å². The highest BCUT2D eigenvalue weighted by atomic mass is 127. The number of nitrogens with two attached hydrogens (primary N) is 1. The number of anilines is 1. The summed E-state index contributed by atoms with van der Waals surface area (Å²) in [6.07, 6.45) is 6.82. The fraction of sp³-hybridized carbons (Fsp3) is 0.412. The molecule has 0 aromatic carbocycles. The van der Waals surface area contributed by atoms with Crippen molar-refractivity contribution in [2.24, 2.45) is 5.41 Å². The van der Waals surface area contributed by atoms with Crippen LogP contribution >= 0.6 is 32.3 Å². The Hall–Kier alpha value is -0.830. The van der Waals surface area contributed by atoms with E-state index < -0.39 is 20.7 Å². The number of rotatable bonds is 4. The van der Waals surface area contributed by atoms with Crippen LogP contribution in [-0.2, 0) is 4.74 Å². The molecule has 3 heterocycles. The van der Waals surface area contributed by atoms with E-state index in [1.165, 1.54) is 6.08 Å². The summed E-state index contributed by atoms with van der Waals surface area (Å²) in [7, 11) is 0. The first-order valence-electron chi connectivity index (χ1n) is 7.79. The molecule has 0 unspecified atom stereocenters. The average Bonchev–Trinajstić information content (AvgIpc) is 2.57. The van der Waals surface area contributed by atoms with Gasteiger partial charge in [0.15, 0.2) is 0 Å². The van der Waals surface area contributed by atoms with Gasteiger partial charge in [-0.3, -0.25) is 5.32 Å². The molecule has 0 amide bonds. The molecule has 0 spiro atoms. The van der Waals surface area contributed by atoms with Crippen molar-refractivity contribution in [1.82, 2.24) is 10.3 Å². The lowest BCUT2D eigenvalue weighted by atomic mass is 9.82. The Morgan fingerprint density at radius 2 is 2.17 bits per heavy atom. The van der Waals surface area contributed by atoms with E-state index >= 15 is 0 Å². The second-order valence-corrected chi connectivity index (χ2v) is 9.49. The van der Waals surface area contributed by atoms with Crippen molar-refractivity contribution >= 4 is 45.4 Å². The van der Waals surface area contributed by atoms with E-state index in [1.807, 2.05) is 0 Å². The van der Waals surface area contributed by atoms with Crippen LogP contribution in [0.4, 0.5) is 10.2 Å². The Balaban J connectivity index is 1.78. The van der Waals surface area contributed by atoms with E-state index in [4.69, 9.17) is 22.1 Å². The number of allylic oxidation sites excluding steroid dienone is 2. The molecule has 2 aliphatic heterocycles. The molecule has 1 saturated heterocycles. The number of hydrogen-bond acceptors (Lipinski definition) is 4. The summed E-state index contributed by atoms with van der Waals surface area (Å²) < 4.78 is 21.4. The molecule has 0 bridgehead atoms. The van der Waals surface area contributed by atoms with Crippen LogP contribution in [0.2, 0.25) is 5.02 Å². The van der Waals surface area contributed by atoms with Crippen molar-refractivity contribution in [2.45, 2.75) is 19.8 Å². The number of hydrogen-bond donors (Lipinski definition) is 2. The molecule has 0 aliphatic carbocycles. The van der Waals surface area contributed by atoms with Gasteiger partial charge in [0.25, 0.3) is 0 Å². The maximum atomic E-state index is 14.2. The monoisotopic (exact) mass is 463 g/mol. The molecule has 3 N–H and O–H groups in total. The van der Waals surface area contributed by atoms with E-state index in [9.17, 15) is 4.39 Å². The van der Waals surface area contributed by atoms with Gasteiger partial charge in [-0.1, -0.05) is 39.3 Å². The van der Waals surface area contributed by atoms with Gasteiger partial charge in [-0.05, 0) is 36.5 Å². The third-order valence-electron chi connectivity index (χ3n) is 4.29. The van der Waals surface area contributed by atoms with E-state index in [2.05, 4.69) is 17.2 Å². The number of ether oxygens (including phenoxy) is 1. The summed E-state index contributed by atoms with van der Waals surface area (Å²) in [6.45, 7) is 4.53. The zero-order valence-corrected chi connectivity index (χ0v) is 16.3. The topological polar surface area (TPSA) is 60.2 Å². The maximum Gasteiger partial charge on any atom is 0.146 e. The summed E-state index contributed by atoms with van der Waals surface area (Å²) >= 11 is 5.54. The first-order chi connectivity index (χ1) is 11.5. The van der Waals surface area contributed by atoms with Crippen LogP contribution < -0.4 is 11.1 Å². The number of nitrogens with one attached hydrogen (secondary N) is 1. The van der Waals surface area contributed by atoms with Crippen molar-refractivity contribution in [3.8, 4) is 0 Å². The lowest BCUT2D eigenvalue weighted by molar-refractivity contribution is 0.0262. The minimum Gasteiger partial charge on any atom is -0.384 e. The summed E-state index contributed by atoms with van der Waals surface area (Å²) in [5.74, 6) is 0.235. The molecule has 1 aromatic rings. The van der Waals surface area contributed by atoms with Gasteiger partial charge in [-0.2, -0.15) is 0 Å². The summed E-state index contributed by atoms with van der Waals surface area (Å²) in [5.41, 5.74) is 6.75. The highest BCUT2D eigenvalue weighted by Crippen LogP contribution is 2.37. The number of pyridine rings is 1. The van der Waals surface area contributed by atoms with Crippen LogP contribution in [0.25, 0.3) is 3.58 Å². The zero-order valence-electron chi connectivity index (χ0n) is 13.4. The van der Waals surface area contributed by atoms with Gasteiger partial charge in [-0.25, -0.2) is 9.37 Å². The molecule has 7 heteroatoms. The molecule has 24 heavy (non-hydrogen) atoms. The molecular weight excluding hydrogens is 444 g/mol. The Morgan fingerprint density at radius 3 is 2.92 bits per heavy atom. The standard InChI is InChI=1S/C17H20ClFIN3O/c1-17(4-6-24-7-5-17)10-23-16-13(19)2-3-14(20-16)11-8-15(21)22-9-12(11)18/h2-3,8-9,23H,4-7,10H2,1H3,(H2,21,22). The molecule has 1 fully saturated rings. The van der Waals surface area contributed by atoms with Gasteiger partial charge in [-0.15, -0.1) is 0 Å². The Bertz CT molecular complexity index is 727. The molecule has 3 rings (SSSR count). The summed E-state index contributed by atoms with van der Waals surface area (Å²) in [4.78, 5) is 3.98. The zero-order chi connectivity index (χ0) is 17.2. The van der Waals surface area contributed by atoms with Crippen molar-refractivity contribution in [3.05, 3.63) is 40.8 Å². The van der Waals surface area contributed by atoms with Gasteiger partial charge < -0.3 is 10.5 Å². The summed E-state index contributed by atoms with van der Waals surface area (Å²) in [6, 6.07) is 1.75. The van der Waals surface area contributed by atoms with E-state index in [0.717, 1.165) is 41.7 Å². The minimum absolute atomic E-state index is 0.148. The van der Waals surface area contributed by atoms with Crippen LogP contribution in [-0.4, -0.2) is 28.4 Å². The van der Waals surface area contributed by atoms with Gasteiger partial charge >= 0.3 is 0 Å². The second kappa shape index (κ2) is 7.59. The van der Waals surface area contributed by atoms with E-state index in [1.54, 1.807) is 18.3 Å². The number of aromatic nitrogens is 1. The number of nitrogens with zero attached hydrogens (tertiary/aromatic N) is 1. The van der Waals surface area contributed by atoms with Crippen LogP contribution in [0.15, 0.2) is 30.2 Å². The van der Waals surface area contributed by atoms with Crippen LogP contribution in [0.3, 0.4) is 0 Å². The molecule has 0 saturated carbocycles. The smallest absolute Gasteiger partial charge is 0.146 e. The number of halogens is 3. The molecule has 4 nitrogen and oxygen atoms in total. The molecule has 1 aromatic heterocycles. The fourth-order valence-corrected chi connectivity index (χ4v) is 5.49. The van der Waals surface area contributed by atoms with Crippen molar-refractivity contribution in [1.29, 1.82) is 0 Å². The maximum absolute atomic E-state index is 14.2. The third kappa shape index (κ3) is 4.22. The normalized spacial score (nSPS) is 20.5. The predicted octanol–water partition coefficient (Wildman–Crippen LogP) is 4.03. The quantitative estimate of drug-likeness (QED) is 0.662.